The lowest BCUT2D eigenvalue weighted by atomic mass is 10.1. The molecule has 1 rings (SSSR count). The van der Waals surface area contributed by atoms with Crippen LogP contribution in [0.15, 0.2) is 6.20 Å². The Labute approximate surface area is 106 Å². The molecule has 0 radical (unpaired) electrons. The monoisotopic (exact) mass is 279 g/mol. The number of hydrogen-bond donors (Lipinski definition) is 2. The van der Waals surface area contributed by atoms with Gasteiger partial charge in [-0.15, -0.1) is 13.2 Å². The summed E-state index contributed by atoms with van der Waals surface area (Å²) in [6.07, 6.45) is -4.05. The van der Waals surface area contributed by atoms with Gasteiger partial charge < -0.3 is 20.9 Å². The number of nitrogens with two attached hydrogens (primary N) is 2. The van der Waals surface area contributed by atoms with Crippen LogP contribution in [0.3, 0.4) is 0 Å². The summed E-state index contributed by atoms with van der Waals surface area (Å²) in [5.74, 6) is -1.61. The molecule has 0 amide bonds. The smallest absolute Gasteiger partial charge is 0.462 e. The summed E-state index contributed by atoms with van der Waals surface area (Å²) in [5.41, 5.74) is 10.3. The molecule has 0 saturated heterocycles. The summed E-state index contributed by atoms with van der Waals surface area (Å²) in [6.45, 7) is 1.43. The molecule has 0 saturated carbocycles. The molecule has 0 unspecified atom stereocenters. The van der Waals surface area contributed by atoms with Gasteiger partial charge in [0.1, 0.15) is 5.69 Å². The lowest BCUT2D eigenvalue weighted by Gasteiger charge is -2.14. The molecule has 0 aliphatic rings. The Morgan fingerprint density at radius 2 is 2.11 bits per heavy atom. The predicted molar refractivity (Wildman–Crippen MR) is 59.2 cm³/mol. The summed E-state index contributed by atoms with van der Waals surface area (Å²) < 4.78 is 44.6. The van der Waals surface area contributed by atoms with E-state index in [1.807, 2.05) is 0 Å². The Morgan fingerprint density at radius 1 is 1.47 bits per heavy atom. The van der Waals surface area contributed by atoms with Crippen molar-refractivity contribution in [1.82, 2.24) is 4.98 Å². The first-order chi connectivity index (χ1) is 8.80. The van der Waals surface area contributed by atoms with E-state index in [0.717, 1.165) is 6.20 Å². The van der Waals surface area contributed by atoms with Crippen molar-refractivity contribution in [2.24, 2.45) is 5.73 Å². The van der Waals surface area contributed by atoms with Gasteiger partial charge in [0.05, 0.1) is 12.2 Å². The van der Waals surface area contributed by atoms with Crippen LogP contribution in [0.5, 0.6) is 5.88 Å². The van der Waals surface area contributed by atoms with Gasteiger partial charge in [-0.2, -0.15) is 0 Å². The summed E-state index contributed by atoms with van der Waals surface area (Å²) in [5, 5.41) is 0. The molecule has 0 fully saturated rings. The van der Waals surface area contributed by atoms with Crippen molar-refractivity contribution in [3.63, 3.8) is 0 Å². The first-order valence-electron chi connectivity index (χ1n) is 5.20. The SMILES string of the molecule is CCOC(=O)c1cnc(OC(F)(F)F)c(N)c1CN. The predicted octanol–water partition coefficient (Wildman–Crippen LogP) is 1.20. The summed E-state index contributed by atoms with van der Waals surface area (Å²) in [6, 6.07) is 0. The van der Waals surface area contributed by atoms with Crippen LogP contribution in [0.2, 0.25) is 0 Å². The van der Waals surface area contributed by atoms with E-state index >= 15 is 0 Å². The number of nitrogens with zero attached hydrogens (tertiary/aromatic N) is 1. The second kappa shape index (κ2) is 5.74. The Balaban J connectivity index is 3.19. The maximum Gasteiger partial charge on any atom is 0.574 e. The van der Waals surface area contributed by atoms with Crippen LogP contribution < -0.4 is 16.2 Å². The third kappa shape index (κ3) is 3.71. The van der Waals surface area contributed by atoms with Crippen molar-refractivity contribution in [2.75, 3.05) is 12.3 Å². The van der Waals surface area contributed by atoms with Crippen molar-refractivity contribution in [1.29, 1.82) is 0 Å². The number of esters is 1. The zero-order valence-electron chi connectivity index (χ0n) is 9.95. The molecule has 9 heteroatoms. The molecule has 0 atom stereocenters. The van der Waals surface area contributed by atoms with Gasteiger partial charge in [0.2, 0.25) is 5.88 Å². The van der Waals surface area contributed by atoms with Crippen LogP contribution >= 0.6 is 0 Å². The maximum atomic E-state index is 12.1. The second-order valence-electron chi connectivity index (χ2n) is 3.34. The topological polar surface area (TPSA) is 100 Å². The van der Waals surface area contributed by atoms with Gasteiger partial charge in [0.25, 0.3) is 0 Å². The fourth-order valence-corrected chi connectivity index (χ4v) is 1.34. The van der Waals surface area contributed by atoms with Crippen molar-refractivity contribution in [2.45, 2.75) is 19.8 Å². The number of pyridine rings is 1. The number of halogens is 3. The van der Waals surface area contributed by atoms with Gasteiger partial charge in [-0.25, -0.2) is 9.78 Å². The van der Waals surface area contributed by atoms with E-state index in [0.29, 0.717) is 0 Å². The molecule has 1 heterocycles. The largest absolute Gasteiger partial charge is 0.574 e. The van der Waals surface area contributed by atoms with Gasteiger partial charge in [-0.1, -0.05) is 0 Å². The lowest BCUT2D eigenvalue weighted by molar-refractivity contribution is -0.275. The first-order valence-corrected chi connectivity index (χ1v) is 5.20. The maximum absolute atomic E-state index is 12.1. The number of carbonyl (C=O) groups is 1. The highest BCUT2D eigenvalue weighted by molar-refractivity contribution is 5.92. The Kier molecular flexibility index (Phi) is 4.54. The second-order valence-corrected chi connectivity index (χ2v) is 3.34. The molecule has 0 aliphatic heterocycles. The zero-order valence-corrected chi connectivity index (χ0v) is 9.95. The molecule has 4 N–H and O–H groups in total. The standard InChI is InChI=1S/C10H12F3N3O3/c1-2-18-9(17)6-4-16-8(19-10(11,12)13)7(15)5(6)3-14/h4H,2-3,14-15H2,1H3. The number of rotatable bonds is 4. The van der Waals surface area contributed by atoms with Gasteiger partial charge in [0.15, 0.2) is 0 Å². The number of alkyl halides is 3. The number of aromatic nitrogens is 1. The quantitative estimate of drug-likeness (QED) is 0.803. The van der Waals surface area contributed by atoms with E-state index in [1.54, 1.807) is 6.92 Å². The molecule has 0 bridgehead atoms. The Hall–Kier alpha value is -2.03. The number of ether oxygens (including phenoxy) is 2. The molecule has 106 valence electrons. The van der Waals surface area contributed by atoms with Crippen LogP contribution in [-0.2, 0) is 11.3 Å². The summed E-state index contributed by atoms with van der Waals surface area (Å²) >= 11 is 0. The minimum absolute atomic E-state index is 0.00676. The fraction of sp³-hybridized carbons (Fsp3) is 0.400. The van der Waals surface area contributed by atoms with Crippen molar-refractivity contribution in [3.05, 3.63) is 17.3 Å². The third-order valence-electron chi connectivity index (χ3n) is 2.10. The first kappa shape index (κ1) is 15.0. The molecular weight excluding hydrogens is 267 g/mol. The minimum Gasteiger partial charge on any atom is -0.462 e. The lowest BCUT2D eigenvalue weighted by Crippen LogP contribution is -2.21. The Morgan fingerprint density at radius 3 is 2.58 bits per heavy atom. The highest BCUT2D eigenvalue weighted by Gasteiger charge is 2.33. The van der Waals surface area contributed by atoms with E-state index in [9.17, 15) is 18.0 Å². The number of hydrogen-bond acceptors (Lipinski definition) is 6. The minimum atomic E-state index is -4.93. The van der Waals surface area contributed by atoms with E-state index in [1.165, 1.54) is 0 Å². The Bertz CT molecular complexity index is 477. The zero-order chi connectivity index (χ0) is 14.6. The average molecular weight is 279 g/mol. The molecular formula is C10H12F3N3O3. The average Bonchev–Trinajstić information content (AvgIpc) is 2.30. The van der Waals surface area contributed by atoms with E-state index < -0.39 is 23.9 Å². The van der Waals surface area contributed by atoms with Crippen molar-refractivity contribution in [3.8, 4) is 5.88 Å². The normalized spacial score (nSPS) is 11.2. The highest BCUT2D eigenvalue weighted by atomic mass is 19.4. The van der Waals surface area contributed by atoms with Crippen molar-refractivity contribution < 1.29 is 27.4 Å². The summed E-state index contributed by atoms with van der Waals surface area (Å²) in [4.78, 5) is 14.9. The van der Waals surface area contributed by atoms with Crippen LogP contribution in [0.25, 0.3) is 0 Å². The molecule has 0 spiro atoms. The van der Waals surface area contributed by atoms with Gasteiger partial charge >= 0.3 is 12.3 Å². The van der Waals surface area contributed by atoms with Crippen LogP contribution in [0.1, 0.15) is 22.8 Å². The van der Waals surface area contributed by atoms with E-state index in [2.05, 4.69) is 9.72 Å². The molecule has 1 aromatic heterocycles. The van der Waals surface area contributed by atoms with E-state index in [-0.39, 0.29) is 24.3 Å². The number of carbonyl (C=O) groups excluding carboxylic acids is 1. The van der Waals surface area contributed by atoms with Gasteiger partial charge in [-0.05, 0) is 6.92 Å². The van der Waals surface area contributed by atoms with Crippen molar-refractivity contribution >= 4 is 11.7 Å². The van der Waals surface area contributed by atoms with E-state index in [4.69, 9.17) is 16.2 Å². The van der Waals surface area contributed by atoms with Crippen LogP contribution in [-0.4, -0.2) is 23.9 Å². The number of nitrogen functional groups attached to an aromatic ring is 1. The van der Waals surface area contributed by atoms with Gasteiger partial charge in [0, 0.05) is 18.3 Å². The van der Waals surface area contributed by atoms with Crippen LogP contribution in [0.4, 0.5) is 18.9 Å². The van der Waals surface area contributed by atoms with Crippen LogP contribution in [0, 0.1) is 0 Å². The number of anilines is 1. The molecule has 0 aromatic carbocycles. The molecule has 19 heavy (non-hydrogen) atoms. The molecule has 0 aliphatic carbocycles. The summed E-state index contributed by atoms with van der Waals surface area (Å²) in [7, 11) is 0. The van der Waals surface area contributed by atoms with Gasteiger partial charge in [-0.3, -0.25) is 0 Å². The fourth-order valence-electron chi connectivity index (χ4n) is 1.34. The third-order valence-corrected chi connectivity index (χ3v) is 2.10. The molecule has 1 aromatic rings. The molecule has 6 nitrogen and oxygen atoms in total. The highest BCUT2D eigenvalue weighted by Crippen LogP contribution is 2.30.